The molecule has 2 aliphatic carbocycles. The molecule has 2 aliphatic rings. The third-order valence-corrected chi connectivity index (χ3v) is 29.5. The van der Waals surface area contributed by atoms with Crippen LogP contribution < -0.4 is 0 Å². The zero-order valence-corrected chi connectivity index (χ0v) is 23.3. The maximum atomic E-state index is 4.51. The summed E-state index contributed by atoms with van der Waals surface area (Å²) in [6.07, 6.45) is 4.84. The van der Waals surface area contributed by atoms with Gasteiger partial charge in [-0.25, -0.2) is 0 Å². The molecule has 1 aromatic rings. The summed E-state index contributed by atoms with van der Waals surface area (Å²) >= 11 is 5.91. The Morgan fingerprint density at radius 1 is 1.00 bits per heavy atom. The van der Waals surface area contributed by atoms with Crippen LogP contribution in [-0.2, 0) is 15.6 Å². The fourth-order valence-corrected chi connectivity index (χ4v) is 31.2. The number of fused-ring (bicyclic) bond motifs is 1. The van der Waals surface area contributed by atoms with E-state index in [1.807, 2.05) is 0 Å². The molecule has 1 aromatic carbocycles. The van der Waals surface area contributed by atoms with Gasteiger partial charge in [-0.2, -0.15) is 0 Å². The average Bonchev–Trinajstić information content (AvgIpc) is 3.05. The third kappa shape index (κ3) is 3.23. The number of halogens is 2. The molecule has 3 heteroatoms. The van der Waals surface area contributed by atoms with E-state index in [0.717, 1.165) is 0 Å². The van der Waals surface area contributed by atoms with E-state index < -0.39 is 15.6 Å². The van der Waals surface area contributed by atoms with Crippen LogP contribution >= 0.6 is 24.4 Å². The molecule has 0 bridgehead atoms. The molecule has 1 unspecified atom stereocenters. The molecule has 0 amide bonds. The minimum atomic E-state index is -3.10. The first-order chi connectivity index (χ1) is 12.6. The van der Waals surface area contributed by atoms with E-state index in [2.05, 4.69) is 103 Å². The zero-order valence-electron chi connectivity index (χ0n) is 17.7. The number of benzene rings is 1. The first-order valence-corrected chi connectivity index (χ1v) is 24.0. The molecule has 0 aromatic heterocycles. The van der Waals surface area contributed by atoms with Crippen LogP contribution in [0.4, 0.5) is 0 Å². The second kappa shape index (κ2) is 7.84. The molecular formula is C24H32Br2Zr. The Morgan fingerprint density at radius 3 is 2.07 bits per heavy atom. The van der Waals surface area contributed by atoms with Crippen molar-refractivity contribution >= 4 is 30.5 Å². The fraction of sp³-hybridized carbons (Fsp3) is 0.500. The summed E-state index contributed by atoms with van der Waals surface area (Å²) in [5, 5.41) is 0. The van der Waals surface area contributed by atoms with Gasteiger partial charge in [-0.05, 0) is 0 Å². The summed E-state index contributed by atoms with van der Waals surface area (Å²) in [4.78, 5) is 0. The van der Waals surface area contributed by atoms with Gasteiger partial charge in [0.2, 0.25) is 0 Å². The van der Waals surface area contributed by atoms with Crippen molar-refractivity contribution < 1.29 is 15.6 Å². The van der Waals surface area contributed by atoms with Crippen molar-refractivity contribution in [2.75, 3.05) is 0 Å². The van der Waals surface area contributed by atoms with Crippen molar-refractivity contribution in [3.05, 3.63) is 63.3 Å². The average molecular weight is 572 g/mol. The molecule has 0 aliphatic heterocycles. The van der Waals surface area contributed by atoms with Crippen LogP contribution in [0.15, 0.2) is 52.1 Å². The molecule has 0 spiro atoms. The van der Waals surface area contributed by atoms with Gasteiger partial charge < -0.3 is 0 Å². The van der Waals surface area contributed by atoms with Gasteiger partial charge >= 0.3 is 183 Å². The van der Waals surface area contributed by atoms with E-state index in [0.29, 0.717) is 9.54 Å². The van der Waals surface area contributed by atoms with E-state index in [1.165, 1.54) is 35.1 Å². The van der Waals surface area contributed by atoms with Crippen molar-refractivity contribution in [3.63, 3.8) is 0 Å². The van der Waals surface area contributed by atoms with Crippen LogP contribution in [0.3, 0.4) is 0 Å². The predicted molar refractivity (Wildman–Crippen MR) is 124 cm³/mol. The van der Waals surface area contributed by atoms with Crippen molar-refractivity contribution in [2.45, 2.75) is 68.1 Å². The summed E-state index contributed by atoms with van der Waals surface area (Å²) in [6, 6.07) is 9.07. The Kier molecular flexibility index (Phi) is 6.38. The Labute approximate surface area is 181 Å². The SMILES string of the molecule is CC[C]1([Zr]([Br])([Br])[CH]2C(CC(C)C)=Cc3ccccc32)C(C)=C(C)C(C)=C1C. The molecule has 0 fully saturated rings. The molecule has 146 valence electrons. The van der Waals surface area contributed by atoms with Crippen molar-refractivity contribution in [1.82, 2.24) is 0 Å². The van der Waals surface area contributed by atoms with E-state index in [-0.39, 0.29) is 3.12 Å². The molecule has 0 heterocycles. The molecule has 0 saturated carbocycles. The number of hydrogen-bond donors (Lipinski definition) is 0. The van der Waals surface area contributed by atoms with Gasteiger partial charge in [-0.15, -0.1) is 0 Å². The second-order valence-corrected chi connectivity index (χ2v) is 36.4. The molecule has 0 radical (unpaired) electrons. The van der Waals surface area contributed by atoms with Crippen LogP contribution in [0, 0.1) is 5.92 Å². The molecular weight excluding hydrogens is 539 g/mol. The van der Waals surface area contributed by atoms with Crippen LogP contribution in [0.2, 0.25) is 3.12 Å². The van der Waals surface area contributed by atoms with E-state index in [9.17, 15) is 0 Å². The first-order valence-electron chi connectivity index (χ1n) is 10.1. The van der Waals surface area contributed by atoms with Crippen molar-refractivity contribution in [3.8, 4) is 0 Å². The molecule has 27 heavy (non-hydrogen) atoms. The first kappa shape index (κ1) is 22.0. The van der Waals surface area contributed by atoms with Crippen LogP contribution in [0.5, 0.6) is 0 Å². The van der Waals surface area contributed by atoms with Crippen LogP contribution in [0.25, 0.3) is 6.08 Å². The predicted octanol–water partition coefficient (Wildman–Crippen LogP) is 9.20. The van der Waals surface area contributed by atoms with E-state index in [1.54, 1.807) is 16.7 Å². The normalized spacial score (nSPS) is 22.0. The van der Waals surface area contributed by atoms with Gasteiger partial charge in [-0.3, -0.25) is 0 Å². The Hall–Kier alpha value is 0.283. The monoisotopic (exact) mass is 568 g/mol. The Balaban J connectivity index is 2.22. The zero-order chi connectivity index (χ0) is 20.1. The van der Waals surface area contributed by atoms with Gasteiger partial charge in [0.1, 0.15) is 0 Å². The molecule has 0 nitrogen and oxygen atoms in total. The maximum absolute atomic E-state index is 4.51. The second-order valence-electron chi connectivity index (χ2n) is 8.76. The fourth-order valence-electron chi connectivity index (χ4n) is 5.46. The van der Waals surface area contributed by atoms with Crippen LogP contribution in [0.1, 0.15) is 76.1 Å². The summed E-state index contributed by atoms with van der Waals surface area (Å²) in [7, 11) is 0. The molecule has 1 atom stereocenters. The molecule has 0 N–H and O–H groups in total. The van der Waals surface area contributed by atoms with Gasteiger partial charge in [0.25, 0.3) is 0 Å². The standard InChI is InChI=1S/C13H15.C11H17.2BrH.Zr/c1-10(2)7-11-8-12-5-3-4-6-13(12)9-11;1-6-11-9(4)7(2)8(3)10(11)5;;;/h3-6,8-10H,7H2,1-2H3;6H2,1-5H3;2*1H;/q;;;;+2/p-2. The van der Waals surface area contributed by atoms with E-state index >= 15 is 0 Å². The topological polar surface area (TPSA) is 0 Å². The Bertz CT molecular complexity index is 831. The number of allylic oxidation sites excluding steroid dienone is 5. The summed E-state index contributed by atoms with van der Waals surface area (Å²) in [5.41, 5.74) is 10.8. The third-order valence-electron chi connectivity index (χ3n) is 7.09. The van der Waals surface area contributed by atoms with Gasteiger partial charge in [0.05, 0.1) is 0 Å². The van der Waals surface area contributed by atoms with Crippen molar-refractivity contribution in [2.24, 2.45) is 5.92 Å². The van der Waals surface area contributed by atoms with E-state index in [4.69, 9.17) is 0 Å². The summed E-state index contributed by atoms with van der Waals surface area (Å²) in [6.45, 7) is 16.5. The van der Waals surface area contributed by atoms with Crippen molar-refractivity contribution in [1.29, 1.82) is 0 Å². The molecule has 3 rings (SSSR count). The summed E-state index contributed by atoms with van der Waals surface area (Å²) in [5.74, 6) is 0.674. The number of hydrogen-bond acceptors (Lipinski definition) is 0. The molecule has 0 saturated heterocycles. The quantitative estimate of drug-likeness (QED) is 0.331. The van der Waals surface area contributed by atoms with Gasteiger partial charge in [0, 0.05) is 0 Å². The van der Waals surface area contributed by atoms with Crippen LogP contribution in [-0.4, -0.2) is 0 Å². The van der Waals surface area contributed by atoms with Gasteiger partial charge in [-0.1, -0.05) is 0 Å². The number of rotatable bonds is 5. The summed E-state index contributed by atoms with van der Waals surface area (Å²) < 4.78 is 0.711. The Morgan fingerprint density at radius 2 is 1.56 bits per heavy atom. The van der Waals surface area contributed by atoms with Gasteiger partial charge in [0.15, 0.2) is 0 Å². The minimum absolute atomic E-state index is 0.182.